The molecule has 1 saturated carbocycles. The first-order valence-electron chi connectivity index (χ1n) is 7.22. The first-order chi connectivity index (χ1) is 10.3. The zero-order chi connectivity index (χ0) is 14.5. The number of carbonyl (C=O) groups excluding carboxylic acids is 1. The molecule has 0 aliphatic heterocycles. The van der Waals surface area contributed by atoms with Gasteiger partial charge in [0.15, 0.2) is 0 Å². The second-order valence-electron chi connectivity index (χ2n) is 5.27. The molecule has 1 aliphatic carbocycles. The van der Waals surface area contributed by atoms with Crippen molar-refractivity contribution in [1.29, 1.82) is 0 Å². The minimum Gasteiger partial charge on any atom is -0.487 e. The van der Waals surface area contributed by atoms with Crippen molar-refractivity contribution in [1.82, 2.24) is 4.98 Å². The third-order valence-corrected chi connectivity index (χ3v) is 4.33. The van der Waals surface area contributed by atoms with Crippen LogP contribution in [-0.2, 0) is 11.4 Å². The third-order valence-electron chi connectivity index (χ3n) is 3.70. The zero-order valence-corrected chi connectivity index (χ0v) is 12.6. The monoisotopic (exact) mass is 302 g/mol. The number of aromatic nitrogens is 1. The summed E-state index contributed by atoms with van der Waals surface area (Å²) in [7, 11) is 0. The van der Waals surface area contributed by atoms with Crippen LogP contribution in [0, 0.1) is 5.92 Å². The number of hydrogen-bond donors (Lipinski definition) is 1. The summed E-state index contributed by atoms with van der Waals surface area (Å²) >= 11 is 1.55. The van der Waals surface area contributed by atoms with E-state index in [1.54, 1.807) is 16.8 Å². The van der Waals surface area contributed by atoms with Crippen LogP contribution in [0.15, 0.2) is 35.2 Å². The van der Waals surface area contributed by atoms with Gasteiger partial charge < -0.3 is 10.1 Å². The van der Waals surface area contributed by atoms with Crippen molar-refractivity contribution in [2.75, 3.05) is 5.32 Å². The molecule has 1 amide bonds. The molecule has 3 rings (SSSR count). The molecule has 0 radical (unpaired) electrons. The zero-order valence-electron chi connectivity index (χ0n) is 11.7. The van der Waals surface area contributed by atoms with Gasteiger partial charge in [0.1, 0.15) is 12.4 Å². The SMILES string of the molecule is O=C(Nc1cccc(OCc2cscn2)c1)C1CCCC1. The van der Waals surface area contributed by atoms with Crippen LogP contribution in [0.2, 0.25) is 0 Å². The maximum absolute atomic E-state index is 12.1. The maximum Gasteiger partial charge on any atom is 0.227 e. The molecule has 5 heteroatoms. The highest BCUT2D eigenvalue weighted by molar-refractivity contribution is 7.07. The van der Waals surface area contributed by atoms with E-state index in [0.29, 0.717) is 6.61 Å². The lowest BCUT2D eigenvalue weighted by Crippen LogP contribution is -2.20. The van der Waals surface area contributed by atoms with Crippen LogP contribution in [0.5, 0.6) is 5.75 Å². The van der Waals surface area contributed by atoms with Crippen LogP contribution in [0.3, 0.4) is 0 Å². The van der Waals surface area contributed by atoms with E-state index in [-0.39, 0.29) is 11.8 Å². The van der Waals surface area contributed by atoms with E-state index in [9.17, 15) is 4.79 Å². The predicted octanol–water partition coefficient (Wildman–Crippen LogP) is 3.85. The highest BCUT2D eigenvalue weighted by Crippen LogP contribution is 2.26. The lowest BCUT2D eigenvalue weighted by molar-refractivity contribution is -0.119. The maximum atomic E-state index is 12.1. The molecule has 110 valence electrons. The van der Waals surface area contributed by atoms with Gasteiger partial charge in [0.25, 0.3) is 0 Å². The lowest BCUT2D eigenvalue weighted by Gasteiger charge is -2.11. The van der Waals surface area contributed by atoms with Crippen molar-refractivity contribution in [3.63, 3.8) is 0 Å². The summed E-state index contributed by atoms with van der Waals surface area (Å²) in [4.78, 5) is 16.3. The first kappa shape index (κ1) is 14.1. The molecule has 2 aromatic rings. The van der Waals surface area contributed by atoms with Crippen molar-refractivity contribution >= 4 is 22.9 Å². The summed E-state index contributed by atoms with van der Waals surface area (Å²) in [6.45, 7) is 0.448. The van der Waals surface area contributed by atoms with E-state index in [1.165, 1.54) is 0 Å². The van der Waals surface area contributed by atoms with Gasteiger partial charge in [-0.25, -0.2) is 4.98 Å². The molecule has 1 N–H and O–H groups in total. The Morgan fingerprint density at radius 1 is 1.38 bits per heavy atom. The Bertz CT molecular complexity index is 592. The van der Waals surface area contributed by atoms with Crippen LogP contribution in [0.25, 0.3) is 0 Å². The van der Waals surface area contributed by atoms with E-state index in [0.717, 1.165) is 42.8 Å². The molecule has 1 aromatic carbocycles. The van der Waals surface area contributed by atoms with Crippen molar-refractivity contribution in [3.8, 4) is 5.75 Å². The van der Waals surface area contributed by atoms with E-state index in [1.807, 2.05) is 29.6 Å². The highest BCUT2D eigenvalue weighted by Gasteiger charge is 2.22. The highest BCUT2D eigenvalue weighted by atomic mass is 32.1. The number of nitrogens with one attached hydrogen (secondary N) is 1. The Morgan fingerprint density at radius 3 is 3.00 bits per heavy atom. The number of hydrogen-bond acceptors (Lipinski definition) is 4. The van der Waals surface area contributed by atoms with Gasteiger partial charge >= 0.3 is 0 Å². The Balaban J connectivity index is 1.58. The standard InChI is InChI=1S/C16H18N2O2S/c19-16(12-4-1-2-5-12)18-13-6-3-7-15(8-13)20-9-14-10-21-11-17-14/h3,6-8,10-12H,1-2,4-5,9H2,(H,18,19). The molecular formula is C16H18N2O2S. The minimum absolute atomic E-state index is 0.129. The molecule has 0 saturated heterocycles. The van der Waals surface area contributed by atoms with Crippen molar-refractivity contribution in [3.05, 3.63) is 40.8 Å². The fourth-order valence-corrected chi connectivity index (χ4v) is 3.11. The van der Waals surface area contributed by atoms with Crippen LogP contribution >= 0.6 is 11.3 Å². The smallest absolute Gasteiger partial charge is 0.227 e. The Labute approximate surface area is 128 Å². The summed E-state index contributed by atoms with van der Waals surface area (Å²) in [6.07, 6.45) is 4.33. The molecular weight excluding hydrogens is 284 g/mol. The van der Waals surface area contributed by atoms with Crippen LogP contribution in [-0.4, -0.2) is 10.9 Å². The van der Waals surface area contributed by atoms with Gasteiger partial charge in [0.05, 0.1) is 11.2 Å². The molecule has 1 aliphatic rings. The summed E-state index contributed by atoms with van der Waals surface area (Å²) < 4.78 is 5.69. The largest absolute Gasteiger partial charge is 0.487 e. The molecule has 0 unspecified atom stereocenters. The molecule has 0 bridgehead atoms. The topological polar surface area (TPSA) is 51.2 Å². The molecule has 1 heterocycles. The third kappa shape index (κ3) is 3.82. The van der Waals surface area contributed by atoms with Crippen molar-refractivity contribution < 1.29 is 9.53 Å². The number of rotatable bonds is 5. The van der Waals surface area contributed by atoms with Crippen LogP contribution in [0.1, 0.15) is 31.4 Å². The normalized spacial score (nSPS) is 15.0. The number of anilines is 1. The number of nitrogens with zero attached hydrogens (tertiary/aromatic N) is 1. The number of amides is 1. The van der Waals surface area contributed by atoms with Crippen LogP contribution < -0.4 is 10.1 Å². The van der Waals surface area contributed by atoms with Crippen LogP contribution in [0.4, 0.5) is 5.69 Å². The summed E-state index contributed by atoms with van der Waals surface area (Å²) in [5, 5.41) is 4.95. The molecule has 4 nitrogen and oxygen atoms in total. The fraction of sp³-hybridized carbons (Fsp3) is 0.375. The second-order valence-corrected chi connectivity index (χ2v) is 5.99. The quantitative estimate of drug-likeness (QED) is 0.912. The lowest BCUT2D eigenvalue weighted by atomic mass is 10.1. The van der Waals surface area contributed by atoms with E-state index >= 15 is 0 Å². The summed E-state index contributed by atoms with van der Waals surface area (Å²) in [6, 6.07) is 7.53. The van der Waals surface area contributed by atoms with Crippen molar-refractivity contribution in [2.45, 2.75) is 32.3 Å². The van der Waals surface area contributed by atoms with E-state index in [4.69, 9.17) is 4.74 Å². The average Bonchev–Trinajstić information content (AvgIpc) is 3.19. The fourth-order valence-electron chi connectivity index (χ4n) is 2.56. The Kier molecular flexibility index (Phi) is 4.50. The number of thiazole rings is 1. The molecule has 0 atom stereocenters. The van der Waals surface area contributed by atoms with Gasteiger partial charge in [0.2, 0.25) is 5.91 Å². The van der Waals surface area contributed by atoms with E-state index in [2.05, 4.69) is 10.3 Å². The average molecular weight is 302 g/mol. The molecule has 0 spiro atoms. The van der Waals surface area contributed by atoms with E-state index < -0.39 is 0 Å². The number of carbonyl (C=O) groups is 1. The molecule has 21 heavy (non-hydrogen) atoms. The number of benzene rings is 1. The van der Waals surface area contributed by atoms with Gasteiger partial charge in [-0.2, -0.15) is 0 Å². The first-order valence-corrected chi connectivity index (χ1v) is 8.16. The van der Waals surface area contributed by atoms with Crippen molar-refractivity contribution in [2.24, 2.45) is 5.92 Å². The molecule has 1 fully saturated rings. The van der Waals surface area contributed by atoms with Gasteiger partial charge in [-0.05, 0) is 25.0 Å². The number of ether oxygens (including phenoxy) is 1. The van der Waals surface area contributed by atoms with Gasteiger partial charge in [-0.3, -0.25) is 4.79 Å². The summed E-state index contributed by atoms with van der Waals surface area (Å²) in [5.41, 5.74) is 3.50. The molecule has 1 aromatic heterocycles. The van der Waals surface area contributed by atoms with Gasteiger partial charge in [0, 0.05) is 23.1 Å². The predicted molar refractivity (Wildman–Crippen MR) is 83.5 cm³/mol. The van der Waals surface area contributed by atoms with Gasteiger partial charge in [-0.1, -0.05) is 18.9 Å². The minimum atomic E-state index is 0.129. The second kappa shape index (κ2) is 6.72. The van der Waals surface area contributed by atoms with Gasteiger partial charge in [-0.15, -0.1) is 11.3 Å². The Morgan fingerprint density at radius 2 is 2.24 bits per heavy atom. The summed E-state index contributed by atoms with van der Waals surface area (Å²) in [5.74, 6) is 1.04. The Hall–Kier alpha value is -1.88.